The summed E-state index contributed by atoms with van der Waals surface area (Å²) >= 11 is 0. The molecule has 1 saturated carbocycles. The van der Waals surface area contributed by atoms with Crippen LogP contribution in [0.2, 0.25) is 0 Å². The first-order valence-corrected chi connectivity index (χ1v) is 6.14. The van der Waals surface area contributed by atoms with Gasteiger partial charge in [0.2, 0.25) is 0 Å². The Labute approximate surface area is 109 Å². The molecular formula is C16H12F2O. The van der Waals surface area contributed by atoms with Crippen LogP contribution in [0, 0.1) is 11.6 Å². The predicted molar refractivity (Wildman–Crippen MR) is 67.9 cm³/mol. The first kappa shape index (κ1) is 12.0. The van der Waals surface area contributed by atoms with E-state index in [0.29, 0.717) is 12.0 Å². The van der Waals surface area contributed by atoms with E-state index in [-0.39, 0.29) is 17.6 Å². The van der Waals surface area contributed by atoms with Crippen molar-refractivity contribution in [2.75, 3.05) is 0 Å². The van der Waals surface area contributed by atoms with Gasteiger partial charge in [0.25, 0.3) is 0 Å². The first-order chi connectivity index (χ1) is 9.17. The molecule has 3 heteroatoms. The van der Waals surface area contributed by atoms with E-state index in [2.05, 4.69) is 0 Å². The monoisotopic (exact) mass is 258 g/mol. The van der Waals surface area contributed by atoms with E-state index in [9.17, 15) is 13.6 Å². The quantitative estimate of drug-likeness (QED) is 0.769. The Kier molecular flexibility index (Phi) is 2.70. The zero-order valence-corrected chi connectivity index (χ0v) is 10.1. The normalized spacial score (nSPS) is 25.1. The molecule has 0 bridgehead atoms. The highest BCUT2D eigenvalue weighted by atomic mass is 19.1. The molecule has 0 saturated heterocycles. The summed E-state index contributed by atoms with van der Waals surface area (Å²) < 4.78 is 26.7. The highest BCUT2D eigenvalue weighted by molar-refractivity contribution is 5.77. The van der Waals surface area contributed by atoms with Gasteiger partial charge in [-0.2, -0.15) is 0 Å². The fraction of sp³-hybridized carbons (Fsp3) is 0.188. The van der Waals surface area contributed by atoms with Gasteiger partial charge in [0.05, 0.1) is 5.41 Å². The second-order valence-electron chi connectivity index (χ2n) is 4.94. The number of carbonyl (C=O) groups excluding carboxylic acids is 1. The molecule has 2 atom stereocenters. The van der Waals surface area contributed by atoms with Crippen LogP contribution in [0.25, 0.3) is 0 Å². The maximum Gasteiger partial charge on any atom is 0.131 e. The maximum atomic E-state index is 13.8. The number of hydrogen-bond acceptors (Lipinski definition) is 1. The van der Waals surface area contributed by atoms with E-state index in [0.717, 1.165) is 11.8 Å². The molecule has 0 radical (unpaired) electrons. The molecule has 96 valence electrons. The number of hydrogen-bond donors (Lipinski definition) is 0. The van der Waals surface area contributed by atoms with Crippen LogP contribution < -0.4 is 0 Å². The van der Waals surface area contributed by atoms with Crippen LogP contribution in [-0.2, 0) is 10.2 Å². The minimum Gasteiger partial charge on any atom is -0.302 e. The lowest BCUT2D eigenvalue weighted by Gasteiger charge is -2.11. The molecule has 0 N–H and O–H groups in total. The molecule has 19 heavy (non-hydrogen) atoms. The van der Waals surface area contributed by atoms with Crippen LogP contribution in [0.5, 0.6) is 0 Å². The third-order valence-electron chi connectivity index (χ3n) is 3.88. The van der Waals surface area contributed by atoms with E-state index in [4.69, 9.17) is 0 Å². The van der Waals surface area contributed by atoms with Gasteiger partial charge in [-0.05, 0) is 35.7 Å². The number of halogens is 2. The van der Waals surface area contributed by atoms with Gasteiger partial charge in [-0.25, -0.2) is 8.78 Å². The van der Waals surface area contributed by atoms with Crippen molar-refractivity contribution in [3.05, 3.63) is 71.3 Å². The highest BCUT2D eigenvalue weighted by Crippen LogP contribution is 2.59. The smallest absolute Gasteiger partial charge is 0.131 e. The van der Waals surface area contributed by atoms with Crippen molar-refractivity contribution in [2.45, 2.75) is 17.8 Å². The SMILES string of the molecule is O=CC1(c2ccc(F)cc2)CC1c1ccccc1F. The van der Waals surface area contributed by atoms with Crippen molar-refractivity contribution >= 4 is 6.29 Å². The second kappa shape index (κ2) is 4.26. The molecule has 1 aliphatic carbocycles. The highest BCUT2D eigenvalue weighted by Gasteiger charge is 2.56. The van der Waals surface area contributed by atoms with Gasteiger partial charge < -0.3 is 4.79 Å². The van der Waals surface area contributed by atoms with E-state index in [1.54, 1.807) is 30.3 Å². The molecule has 2 unspecified atom stereocenters. The lowest BCUT2D eigenvalue weighted by Crippen LogP contribution is -2.11. The molecule has 0 aromatic heterocycles. The zero-order valence-electron chi connectivity index (χ0n) is 10.1. The van der Waals surface area contributed by atoms with E-state index < -0.39 is 5.41 Å². The Morgan fingerprint density at radius 3 is 2.37 bits per heavy atom. The molecule has 2 aromatic carbocycles. The summed E-state index contributed by atoms with van der Waals surface area (Å²) in [6.45, 7) is 0. The molecule has 2 aromatic rings. The Hall–Kier alpha value is -2.03. The average molecular weight is 258 g/mol. The molecule has 0 heterocycles. The molecule has 0 amide bonds. The van der Waals surface area contributed by atoms with Crippen LogP contribution >= 0.6 is 0 Å². The van der Waals surface area contributed by atoms with E-state index in [1.807, 2.05) is 0 Å². The summed E-state index contributed by atoms with van der Waals surface area (Å²) in [5, 5.41) is 0. The Balaban J connectivity index is 1.99. The summed E-state index contributed by atoms with van der Waals surface area (Å²) in [4.78, 5) is 11.5. The number of benzene rings is 2. The summed E-state index contributed by atoms with van der Waals surface area (Å²) in [6.07, 6.45) is 1.43. The summed E-state index contributed by atoms with van der Waals surface area (Å²) in [5.74, 6) is -0.789. The Bertz CT molecular complexity index is 621. The molecule has 1 nitrogen and oxygen atoms in total. The third kappa shape index (κ3) is 1.86. The van der Waals surface area contributed by atoms with Gasteiger partial charge in [0, 0.05) is 5.92 Å². The van der Waals surface area contributed by atoms with Crippen molar-refractivity contribution in [3.8, 4) is 0 Å². The van der Waals surface area contributed by atoms with E-state index >= 15 is 0 Å². The summed E-state index contributed by atoms with van der Waals surface area (Å²) in [5.41, 5.74) is 0.603. The minimum atomic E-state index is -0.699. The van der Waals surface area contributed by atoms with Crippen molar-refractivity contribution in [1.29, 1.82) is 0 Å². The maximum absolute atomic E-state index is 13.8. The van der Waals surface area contributed by atoms with Gasteiger partial charge in [-0.15, -0.1) is 0 Å². The van der Waals surface area contributed by atoms with Crippen LogP contribution in [0.4, 0.5) is 8.78 Å². The second-order valence-corrected chi connectivity index (χ2v) is 4.94. The van der Waals surface area contributed by atoms with Gasteiger partial charge in [0.1, 0.15) is 17.9 Å². The van der Waals surface area contributed by atoms with Crippen molar-refractivity contribution in [3.63, 3.8) is 0 Å². The van der Waals surface area contributed by atoms with Crippen molar-refractivity contribution in [1.82, 2.24) is 0 Å². The fourth-order valence-corrected chi connectivity index (χ4v) is 2.70. The van der Waals surface area contributed by atoms with Gasteiger partial charge in [0.15, 0.2) is 0 Å². The molecular weight excluding hydrogens is 246 g/mol. The summed E-state index contributed by atoms with van der Waals surface area (Å²) in [6, 6.07) is 12.4. The van der Waals surface area contributed by atoms with Gasteiger partial charge >= 0.3 is 0 Å². The fourth-order valence-electron chi connectivity index (χ4n) is 2.70. The zero-order chi connectivity index (χ0) is 13.5. The largest absolute Gasteiger partial charge is 0.302 e. The molecule has 1 fully saturated rings. The lowest BCUT2D eigenvalue weighted by molar-refractivity contribution is -0.110. The lowest BCUT2D eigenvalue weighted by atomic mass is 9.92. The van der Waals surface area contributed by atoms with Crippen LogP contribution in [0.15, 0.2) is 48.5 Å². The van der Waals surface area contributed by atoms with Crippen LogP contribution in [0.1, 0.15) is 23.5 Å². The topological polar surface area (TPSA) is 17.1 Å². The average Bonchev–Trinajstić information content (AvgIpc) is 3.16. The first-order valence-electron chi connectivity index (χ1n) is 6.14. The van der Waals surface area contributed by atoms with E-state index in [1.165, 1.54) is 18.2 Å². The Morgan fingerprint density at radius 1 is 1.05 bits per heavy atom. The Morgan fingerprint density at radius 2 is 1.74 bits per heavy atom. The van der Waals surface area contributed by atoms with Crippen molar-refractivity contribution in [2.24, 2.45) is 0 Å². The van der Waals surface area contributed by atoms with Crippen LogP contribution in [0.3, 0.4) is 0 Å². The number of rotatable bonds is 3. The number of aldehydes is 1. The minimum absolute atomic E-state index is 0.156. The summed E-state index contributed by atoms with van der Waals surface area (Å²) in [7, 11) is 0. The number of carbonyl (C=O) groups is 1. The molecule has 0 aliphatic heterocycles. The van der Waals surface area contributed by atoms with Crippen LogP contribution in [-0.4, -0.2) is 6.29 Å². The molecule has 1 aliphatic rings. The molecule has 3 rings (SSSR count). The van der Waals surface area contributed by atoms with Gasteiger partial charge in [-0.3, -0.25) is 0 Å². The van der Waals surface area contributed by atoms with Crippen molar-refractivity contribution < 1.29 is 13.6 Å². The third-order valence-corrected chi connectivity index (χ3v) is 3.88. The van der Waals surface area contributed by atoms with Gasteiger partial charge in [-0.1, -0.05) is 30.3 Å². The predicted octanol–water partition coefficient (Wildman–Crippen LogP) is 3.59. The molecule has 0 spiro atoms. The standard InChI is InChI=1S/C16H12F2O/c17-12-7-5-11(6-8-12)16(10-19)9-14(16)13-3-1-2-4-15(13)18/h1-8,10,14H,9H2.